The molecule has 4 aliphatic carbocycles. The van der Waals surface area contributed by atoms with E-state index in [4.69, 9.17) is 0 Å². The molecule has 0 spiro atoms. The molecule has 0 aliphatic heterocycles. The van der Waals surface area contributed by atoms with Crippen molar-refractivity contribution in [1.82, 2.24) is 0 Å². The third-order valence-corrected chi connectivity index (χ3v) is 24.3. The van der Waals surface area contributed by atoms with E-state index in [0.29, 0.717) is 45.9 Å². The van der Waals surface area contributed by atoms with Crippen molar-refractivity contribution in [3.63, 3.8) is 0 Å². The lowest BCUT2D eigenvalue weighted by Gasteiger charge is -2.26. The van der Waals surface area contributed by atoms with Crippen molar-refractivity contribution in [2.75, 3.05) is 0 Å². The molecular weight excluding hydrogens is 1330 g/mol. The standard InChI is InChI=1S/4C26H27F.4H2/c4*1-18-3-7-20(8-4-18)21-11-13-22(14-12-21)24-15-16-25(26(27)17-24)23-9-5-19(2)6-10-23;;;;/h4*5-6,9-18,20H,3-4,7-8H2,1-2H3;4*1H. The molecule has 0 heterocycles. The maximum absolute atomic E-state index is 14.7. The summed E-state index contributed by atoms with van der Waals surface area (Å²) in [5.41, 5.74) is 24.9. The Labute approximate surface area is 648 Å². The van der Waals surface area contributed by atoms with Crippen molar-refractivity contribution in [3.05, 3.63) is 335 Å². The molecule has 4 aliphatic rings. The van der Waals surface area contributed by atoms with Crippen LogP contribution in [0.3, 0.4) is 0 Å². The summed E-state index contributed by atoms with van der Waals surface area (Å²) in [6, 6.07) is 89.4. The van der Waals surface area contributed by atoms with Gasteiger partial charge in [-0.2, -0.15) is 0 Å². The summed E-state index contributed by atoms with van der Waals surface area (Å²) in [5, 5.41) is 0. The molecule has 4 saturated carbocycles. The lowest BCUT2D eigenvalue weighted by Crippen LogP contribution is -2.10. The lowest BCUT2D eigenvalue weighted by molar-refractivity contribution is 0.348. The summed E-state index contributed by atoms with van der Waals surface area (Å²) < 4.78 is 58.9. The fourth-order valence-corrected chi connectivity index (χ4v) is 16.8. The van der Waals surface area contributed by atoms with E-state index in [9.17, 15) is 17.6 Å². The molecule has 0 amide bonds. The Hall–Kier alpha value is -9.64. The maximum Gasteiger partial charge on any atom is 0.131 e. The monoisotopic (exact) mass is 1440 g/mol. The molecule has 108 heavy (non-hydrogen) atoms. The first kappa shape index (κ1) is 76.6. The minimum atomic E-state index is -0.165. The molecule has 0 nitrogen and oxygen atoms in total. The molecule has 4 fully saturated rings. The molecule has 0 bridgehead atoms. The average molecular weight is 1440 g/mol. The van der Waals surface area contributed by atoms with Gasteiger partial charge in [0.15, 0.2) is 0 Å². The van der Waals surface area contributed by atoms with Crippen LogP contribution in [0.4, 0.5) is 17.6 Å². The molecule has 4 heteroatoms. The van der Waals surface area contributed by atoms with Gasteiger partial charge in [-0.1, -0.05) is 344 Å². The normalized spacial score (nSPS) is 19.8. The Morgan fingerprint density at radius 3 is 0.491 bits per heavy atom. The third-order valence-electron chi connectivity index (χ3n) is 24.3. The molecule has 0 radical (unpaired) electrons. The number of hydrogen-bond donors (Lipinski definition) is 0. The molecule has 16 rings (SSSR count). The van der Waals surface area contributed by atoms with Crippen LogP contribution < -0.4 is 0 Å². The minimum absolute atomic E-state index is 0. The Kier molecular flexibility index (Phi) is 25.6. The van der Waals surface area contributed by atoms with Crippen molar-refractivity contribution in [2.45, 2.75) is 182 Å². The van der Waals surface area contributed by atoms with Gasteiger partial charge in [-0.05, 0) is 240 Å². The fraction of sp³-hybridized carbons (Fsp3) is 0.308. The van der Waals surface area contributed by atoms with Crippen LogP contribution in [-0.2, 0) is 0 Å². The SMILES string of the molecule is Cc1ccc(-c2ccc(-c3ccc(C4CCC(C)CC4)cc3)cc2F)cc1.Cc1ccc(-c2ccc(-c3ccc(C4CCC(C)CC4)cc3)cc2F)cc1.Cc1ccc(-c2ccc(-c3ccc(C4CCC(C)CC4)cc3)cc2F)cc1.Cc1ccc(-c2ccc(-c3ccc(C4CCC(C)CC4)cc3)cc2F)cc1.[HH].[HH].[HH].[HH]. The Morgan fingerprint density at radius 1 is 0.185 bits per heavy atom. The topological polar surface area (TPSA) is 0 Å². The number of aryl methyl sites for hydroxylation is 4. The maximum atomic E-state index is 14.7. The highest BCUT2D eigenvalue weighted by atomic mass is 19.1. The lowest BCUT2D eigenvalue weighted by atomic mass is 9.79. The second-order valence-electron chi connectivity index (χ2n) is 32.6. The third kappa shape index (κ3) is 19.8. The molecule has 12 aromatic carbocycles. The molecule has 0 unspecified atom stereocenters. The molecule has 12 aromatic rings. The summed E-state index contributed by atoms with van der Waals surface area (Å²) in [7, 11) is 0. The van der Waals surface area contributed by atoms with Gasteiger partial charge in [-0.25, -0.2) is 17.6 Å². The largest absolute Gasteiger partial charge is 0.206 e. The predicted molar refractivity (Wildman–Crippen MR) is 458 cm³/mol. The van der Waals surface area contributed by atoms with Gasteiger partial charge in [0.05, 0.1) is 0 Å². The van der Waals surface area contributed by atoms with Crippen LogP contribution in [-0.4, -0.2) is 0 Å². The van der Waals surface area contributed by atoms with Crippen LogP contribution in [0.25, 0.3) is 89.0 Å². The van der Waals surface area contributed by atoms with Gasteiger partial charge in [0.2, 0.25) is 0 Å². The van der Waals surface area contributed by atoms with E-state index < -0.39 is 0 Å². The molecular formula is C104H116F4. The first-order chi connectivity index (χ1) is 52.4. The van der Waals surface area contributed by atoms with Crippen LogP contribution in [0, 0.1) is 74.6 Å². The van der Waals surface area contributed by atoms with Gasteiger partial charge in [0, 0.05) is 28.0 Å². The van der Waals surface area contributed by atoms with Crippen LogP contribution in [0.1, 0.15) is 204 Å². The van der Waals surface area contributed by atoms with Gasteiger partial charge in [0.25, 0.3) is 0 Å². The number of benzene rings is 12. The van der Waals surface area contributed by atoms with E-state index in [-0.39, 0.29) is 29.0 Å². The molecule has 0 aromatic heterocycles. The van der Waals surface area contributed by atoms with Gasteiger partial charge in [-0.3, -0.25) is 0 Å². The van der Waals surface area contributed by atoms with Crippen molar-refractivity contribution in [3.8, 4) is 89.0 Å². The number of halogens is 4. The fourth-order valence-electron chi connectivity index (χ4n) is 16.8. The minimum Gasteiger partial charge on any atom is -0.206 e. The van der Waals surface area contributed by atoms with Crippen molar-refractivity contribution in [1.29, 1.82) is 0 Å². The Bertz CT molecular complexity index is 4240. The van der Waals surface area contributed by atoms with Crippen molar-refractivity contribution in [2.24, 2.45) is 23.7 Å². The van der Waals surface area contributed by atoms with Gasteiger partial charge >= 0.3 is 0 Å². The van der Waals surface area contributed by atoms with Crippen molar-refractivity contribution >= 4 is 0 Å². The number of hydrogen-bond acceptors (Lipinski definition) is 0. The van der Waals surface area contributed by atoms with Crippen LogP contribution in [0.2, 0.25) is 0 Å². The highest BCUT2D eigenvalue weighted by Gasteiger charge is 2.24. The predicted octanol–water partition coefficient (Wildman–Crippen LogP) is 32.0. The van der Waals surface area contributed by atoms with E-state index in [1.54, 1.807) is 24.3 Å². The second-order valence-corrected chi connectivity index (χ2v) is 32.6. The zero-order valence-corrected chi connectivity index (χ0v) is 64.8. The summed E-state index contributed by atoms with van der Waals surface area (Å²) in [6.07, 6.45) is 21.0. The highest BCUT2D eigenvalue weighted by Crippen LogP contribution is 2.42. The quantitative estimate of drug-likeness (QED) is 0.107. The van der Waals surface area contributed by atoms with Gasteiger partial charge in [0.1, 0.15) is 23.3 Å². The van der Waals surface area contributed by atoms with Gasteiger partial charge < -0.3 is 0 Å². The zero-order chi connectivity index (χ0) is 75.2. The Balaban J connectivity index is 0.000000169. The van der Waals surface area contributed by atoms with Crippen molar-refractivity contribution < 1.29 is 23.3 Å². The highest BCUT2D eigenvalue weighted by molar-refractivity contribution is 5.76. The summed E-state index contributed by atoms with van der Waals surface area (Å²) in [6.45, 7) is 17.6. The Morgan fingerprint density at radius 2 is 0.333 bits per heavy atom. The van der Waals surface area contributed by atoms with E-state index >= 15 is 0 Å². The summed E-state index contributed by atoms with van der Waals surface area (Å²) in [5.74, 6) is 5.59. The average Bonchev–Trinajstić information content (AvgIpc) is 0.823. The molecule has 560 valence electrons. The summed E-state index contributed by atoms with van der Waals surface area (Å²) >= 11 is 0. The first-order valence-electron chi connectivity index (χ1n) is 40.3. The van der Waals surface area contributed by atoms with Gasteiger partial charge in [-0.15, -0.1) is 0 Å². The zero-order valence-electron chi connectivity index (χ0n) is 64.8. The van der Waals surface area contributed by atoms with E-state index in [1.165, 1.54) is 147 Å². The number of rotatable bonds is 12. The smallest absolute Gasteiger partial charge is 0.131 e. The first-order valence-corrected chi connectivity index (χ1v) is 40.3. The summed E-state index contributed by atoms with van der Waals surface area (Å²) in [4.78, 5) is 0. The second kappa shape index (κ2) is 36.0. The molecule has 0 atom stereocenters. The van der Waals surface area contributed by atoms with Crippen LogP contribution >= 0.6 is 0 Å². The van der Waals surface area contributed by atoms with Crippen LogP contribution in [0.15, 0.2) is 267 Å². The van der Waals surface area contributed by atoms with E-state index in [2.05, 4.69) is 125 Å². The van der Waals surface area contributed by atoms with Crippen LogP contribution in [0.5, 0.6) is 0 Å². The van der Waals surface area contributed by atoms with E-state index in [0.717, 1.165) is 90.4 Å². The van der Waals surface area contributed by atoms with E-state index in [1.807, 2.05) is 173 Å². The molecule has 0 saturated heterocycles. The molecule has 0 N–H and O–H groups in total.